The van der Waals surface area contributed by atoms with Crippen molar-refractivity contribution in [1.82, 2.24) is 0 Å². The van der Waals surface area contributed by atoms with Gasteiger partial charge in [0.25, 0.3) is 0 Å². The van der Waals surface area contributed by atoms with Gasteiger partial charge in [0.05, 0.1) is 17.2 Å². The maximum Gasteiger partial charge on any atom is 0.338 e. The number of ether oxygens (including phenoxy) is 1. The highest BCUT2D eigenvalue weighted by Crippen LogP contribution is 2.46. The normalized spacial score (nSPS) is 17.2. The van der Waals surface area contributed by atoms with Gasteiger partial charge in [-0.15, -0.1) is 0 Å². The van der Waals surface area contributed by atoms with Gasteiger partial charge in [-0.2, -0.15) is 0 Å². The summed E-state index contributed by atoms with van der Waals surface area (Å²) in [5.74, 6) is -0.865. The van der Waals surface area contributed by atoms with Gasteiger partial charge in [0.2, 0.25) is 0 Å². The molecule has 0 saturated carbocycles. The monoisotopic (exact) mass is 404 g/mol. The van der Waals surface area contributed by atoms with Gasteiger partial charge in [0, 0.05) is 5.56 Å². The number of carbonyl (C=O) groups excluding carboxylic acids is 1. The van der Waals surface area contributed by atoms with E-state index in [-0.39, 0.29) is 16.0 Å². The fourth-order valence-electron chi connectivity index (χ4n) is 3.91. The Hall–Kier alpha value is -1.87. The number of rotatable bonds is 6. The largest absolute Gasteiger partial charge is 0.462 e. The Morgan fingerprint density at radius 2 is 2.04 bits per heavy atom. The first-order valence-electron chi connectivity index (χ1n) is 9.83. The quantitative estimate of drug-likeness (QED) is 0.358. The standard InChI is InChI=1S/C24H30ClFO2/c1-7-13-28-23(27)18-10-11-19(20(25)14-18)22(26)17(4)16(3)21-15(2)9-8-12-24(21,5)6/h10-11,14H,3,7-9,12-13H2,1-2,4-6H3/b22-17-. The molecular formula is C24H30ClFO2. The predicted octanol–water partition coefficient (Wildman–Crippen LogP) is 7.69. The highest BCUT2D eigenvalue weighted by molar-refractivity contribution is 6.32. The lowest BCUT2D eigenvalue weighted by Gasteiger charge is -2.36. The molecule has 0 spiro atoms. The lowest BCUT2D eigenvalue weighted by atomic mass is 9.69. The van der Waals surface area contributed by atoms with Crippen LogP contribution in [0, 0.1) is 5.41 Å². The van der Waals surface area contributed by atoms with Crippen molar-refractivity contribution in [3.63, 3.8) is 0 Å². The molecule has 0 aliphatic heterocycles. The van der Waals surface area contributed by atoms with Crippen molar-refractivity contribution in [2.24, 2.45) is 5.41 Å². The van der Waals surface area contributed by atoms with Gasteiger partial charge < -0.3 is 4.74 Å². The van der Waals surface area contributed by atoms with E-state index >= 15 is 4.39 Å². The Morgan fingerprint density at radius 1 is 1.36 bits per heavy atom. The first-order chi connectivity index (χ1) is 13.1. The number of hydrogen-bond acceptors (Lipinski definition) is 2. The fourth-order valence-corrected chi connectivity index (χ4v) is 4.17. The van der Waals surface area contributed by atoms with Crippen LogP contribution < -0.4 is 0 Å². The second-order valence-electron chi connectivity index (χ2n) is 8.14. The van der Waals surface area contributed by atoms with Crippen LogP contribution in [0.4, 0.5) is 4.39 Å². The molecule has 0 aromatic heterocycles. The summed E-state index contributed by atoms with van der Waals surface area (Å²) < 4.78 is 20.4. The van der Waals surface area contributed by atoms with Crippen molar-refractivity contribution < 1.29 is 13.9 Å². The van der Waals surface area contributed by atoms with Crippen LogP contribution in [0.1, 0.15) is 76.2 Å². The van der Waals surface area contributed by atoms with E-state index in [9.17, 15) is 4.79 Å². The van der Waals surface area contributed by atoms with Crippen LogP contribution in [0.15, 0.2) is 47.1 Å². The molecule has 0 N–H and O–H groups in total. The van der Waals surface area contributed by atoms with E-state index in [1.54, 1.807) is 13.0 Å². The topological polar surface area (TPSA) is 26.3 Å². The van der Waals surface area contributed by atoms with Crippen LogP contribution in [-0.4, -0.2) is 12.6 Å². The number of carbonyl (C=O) groups is 1. The summed E-state index contributed by atoms with van der Waals surface area (Å²) in [5.41, 5.74) is 4.17. The summed E-state index contributed by atoms with van der Waals surface area (Å²) in [5, 5.41) is 0.184. The van der Waals surface area contributed by atoms with Crippen LogP contribution in [0.5, 0.6) is 0 Å². The number of allylic oxidation sites excluding steroid dienone is 4. The minimum Gasteiger partial charge on any atom is -0.462 e. The van der Waals surface area contributed by atoms with Crippen LogP contribution in [-0.2, 0) is 4.74 Å². The average Bonchev–Trinajstić information content (AvgIpc) is 2.63. The van der Waals surface area contributed by atoms with Crippen molar-refractivity contribution in [3.8, 4) is 0 Å². The second kappa shape index (κ2) is 9.09. The van der Waals surface area contributed by atoms with Crippen molar-refractivity contribution in [2.45, 2.75) is 60.3 Å². The molecule has 2 nitrogen and oxygen atoms in total. The molecule has 0 unspecified atom stereocenters. The summed E-state index contributed by atoms with van der Waals surface area (Å²) >= 11 is 6.30. The number of benzene rings is 1. The molecule has 0 bridgehead atoms. The van der Waals surface area contributed by atoms with Crippen molar-refractivity contribution in [3.05, 3.63) is 63.2 Å². The summed E-state index contributed by atoms with van der Waals surface area (Å²) in [4.78, 5) is 12.0. The lowest BCUT2D eigenvalue weighted by Crippen LogP contribution is -2.22. The third-order valence-corrected chi connectivity index (χ3v) is 5.73. The smallest absolute Gasteiger partial charge is 0.338 e. The van der Waals surface area contributed by atoms with E-state index in [0.29, 0.717) is 17.7 Å². The van der Waals surface area contributed by atoms with Crippen LogP contribution >= 0.6 is 11.6 Å². The second-order valence-corrected chi connectivity index (χ2v) is 8.55. The molecule has 0 fully saturated rings. The zero-order valence-corrected chi connectivity index (χ0v) is 18.3. The van der Waals surface area contributed by atoms with Gasteiger partial charge in [-0.1, -0.05) is 44.5 Å². The molecule has 0 heterocycles. The van der Waals surface area contributed by atoms with E-state index in [1.807, 2.05) is 6.92 Å². The summed E-state index contributed by atoms with van der Waals surface area (Å²) in [6, 6.07) is 4.54. The highest BCUT2D eigenvalue weighted by Gasteiger charge is 2.31. The zero-order chi connectivity index (χ0) is 21.1. The Labute approximate surface area is 173 Å². The third-order valence-electron chi connectivity index (χ3n) is 5.42. The van der Waals surface area contributed by atoms with Crippen LogP contribution in [0.3, 0.4) is 0 Å². The molecule has 0 saturated heterocycles. The molecule has 28 heavy (non-hydrogen) atoms. The molecule has 0 radical (unpaired) electrons. The van der Waals surface area contributed by atoms with Gasteiger partial charge in [-0.3, -0.25) is 0 Å². The van der Waals surface area contributed by atoms with Gasteiger partial charge in [0.1, 0.15) is 5.83 Å². The maximum absolute atomic E-state index is 15.3. The number of halogens is 2. The highest BCUT2D eigenvalue weighted by atomic mass is 35.5. The van der Waals surface area contributed by atoms with Gasteiger partial charge >= 0.3 is 5.97 Å². The minimum absolute atomic E-state index is 0.0301. The van der Waals surface area contributed by atoms with E-state index < -0.39 is 11.8 Å². The van der Waals surface area contributed by atoms with E-state index in [0.717, 1.165) is 36.8 Å². The van der Waals surface area contributed by atoms with Crippen molar-refractivity contribution >= 4 is 23.4 Å². The van der Waals surface area contributed by atoms with Crippen molar-refractivity contribution in [2.75, 3.05) is 6.61 Å². The Morgan fingerprint density at radius 3 is 2.61 bits per heavy atom. The van der Waals surface area contributed by atoms with Crippen LogP contribution in [0.2, 0.25) is 5.02 Å². The molecule has 1 aliphatic carbocycles. The van der Waals surface area contributed by atoms with Gasteiger partial charge in [-0.25, -0.2) is 9.18 Å². The summed E-state index contributed by atoms with van der Waals surface area (Å²) in [6.45, 7) is 14.7. The SMILES string of the molecule is C=C(C1=C(C)CCCC1(C)C)/C(C)=C(\F)c1ccc(C(=O)OCCC)cc1Cl. The van der Waals surface area contributed by atoms with Crippen molar-refractivity contribution in [1.29, 1.82) is 0 Å². The molecule has 0 amide bonds. The maximum atomic E-state index is 15.3. The van der Waals surface area contributed by atoms with Gasteiger partial charge in [0.15, 0.2) is 0 Å². The van der Waals surface area contributed by atoms with Crippen LogP contribution in [0.25, 0.3) is 5.83 Å². The van der Waals surface area contributed by atoms with E-state index in [2.05, 4.69) is 27.4 Å². The Kier molecular flexibility index (Phi) is 7.28. The van der Waals surface area contributed by atoms with Gasteiger partial charge in [-0.05, 0) is 79.9 Å². The summed E-state index contributed by atoms with van der Waals surface area (Å²) in [7, 11) is 0. The molecule has 1 aromatic carbocycles. The molecule has 1 aliphatic rings. The third kappa shape index (κ3) is 4.75. The lowest BCUT2D eigenvalue weighted by molar-refractivity contribution is 0.0505. The zero-order valence-electron chi connectivity index (χ0n) is 17.5. The molecule has 4 heteroatoms. The summed E-state index contributed by atoms with van der Waals surface area (Å²) in [6.07, 6.45) is 3.95. The molecule has 0 atom stereocenters. The first kappa shape index (κ1) is 22.4. The fraction of sp³-hybridized carbons (Fsp3) is 0.458. The Bertz CT molecular complexity index is 846. The molecule has 2 rings (SSSR count). The molecule has 152 valence electrons. The Balaban J connectivity index is 2.38. The average molecular weight is 405 g/mol. The number of hydrogen-bond donors (Lipinski definition) is 0. The van der Waals surface area contributed by atoms with E-state index in [1.165, 1.54) is 17.7 Å². The minimum atomic E-state index is -0.453. The molecular weight excluding hydrogens is 375 g/mol. The van der Waals surface area contributed by atoms with E-state index in [4.69, 9.17) is 16.3 Å². The molecule has 1 aromatic rings. The number of esters is 1. The first-order valence-corrected chi connectivity index (χ1v) is 10.2. The predicted molar refractivity (Wildman–Crippen MR) is 115 cm³/mol.